The summed E-state index contributed by atoms with van der Waals surface area (Å²) in [6, 6.07) is 10.2. The van der Waals surface area contributed by atoms with Gasteiger partial charge < -0.3 is 9.67 Å². The number of hydrogen-bond acceptors (Lipinski definition) is 5. The molecule has 1 N–H and O–H groups in total. The van der Waals surface area contributed by atoms with E-state index >= 15 is 0 Å². The minimum absolute atomic E-state index is 0.463. The third-order valence-electron chi connectivity index (χ3n) is 3.73. The number of rotatable bonds is 7. The van der Waals surface area contributed by atoms with E-state index in [2.05, 4.69) is 32.0 Å². The summed E-state index contributed by atoms with van der Waals surface area (Å²) in [7, 11) is 2.01. The van der Waals surface area contributed by atoms with Crippen molar-refractivity contribution in [2.75, 3.05) is 13.6 Å². The van der Waals surface area contributed by atoms with Crippen molar-refractivity contribution in [2.24, 2.45) is 0 Å². The Balaban J connectivity index is 1.59. The second kappa shape index (κ2) is 7.81. The molecule has 0 saturated heterocycles. The highest BCUT2D eigenvalue weighted by atomic mass is 16.3. The molecule has 0 radical (unpaired) electrons. The molecule has 6 nitrogen and oxygen atoms in total. The number of benzene rings is 1. The predicted molar refractivity (Wildman–Crippen MR) is 92.0 cm³/mol. The highest BCUT2D eigenvalue weighted by Crippen LogP contribution is 2.14. The van der Waals surface area contributed by atoms with Crippen molar-refractivity contribution in [1.82, 2.24) is 24.4 Å². The summed E-state index contributed by atoms with van der Waals surface area (Å²) < 4.78 is 1.91. The zero-order chi connectivity index (χ0) is 16.8. The fourth-order valence-electron chi connectivity index (χ4n) is 2.71. The molecule has 6 heteroatoms. The van der Waals surface area contributed by atoms with Crippen LogP contribution in [-0.4, -0.2) is 49.2 Å². The quantitative estimate of drug-likeness (QED) is 0.718. The van der Waals surface area contributed by atoms with Gasteiger partial charge in [0.1, 0.15) is 5.69 Å². The maximum Gasteiger partial charge on any atom is 0.160 e. The van der Waals surface area contributed by atoms with Gasteiger partial charge in [0.2, 0.25) is 0 Å². The van der Waals surface area contributed by atoms with Crippen molar-refractivity contribution in [1.29, 1.82) is 0 Å². The highest BCUT2D eigenvalue weighted by molar-refractivity contribution is 5.47. The van der Waals surface area contributed by atoms with Gasteiger partial charge >= 0.3 is 0 Å². The molecule has 0 aliphatic heterocycles. The molecular formula is C18H21N5O. The number of nitrogens with zero attached hydrogens (tertiary/aromatic N) is 5. The molecule has 0 fully saturated rings. The van der Waals surface area contributed by atoms with Crippen LogP contribution >= 0.6 is 0 Å². The normalized spacial score (nSPS) is 12.5. The van der Waals surface area contributed by atoms with Gasteiger partial charge in [0, 0.05) is 37.9 Å². The lowest BCUT2D eigenvalue weighted by Gasteiger charge is -2.21. The van der Waals surface area contributed by atoms with Gasteiger partial charge in [0.05, 0.1) is 18.8 Å². The minimum atomic E-state index is -0.497. The molecule has 1 aromatic carbocycles. The molecule has 0 aliphatic rings. The van der Waals surface area contributed by atoms with Crippen LogP contribution in [0.15, 0.2) is 61.3 Å². The number of imidazole rings is 1. The first kappa shape index (κ1) is 16.3. The van der Waals surface area contributed by atoms with E-state index in [1.54, 1.807) is 24.8 Å². The monoisotopic (exact) mass is 323 g/mol. The number of likely N-dealkylation sites (N-methyl/N-ethyl adjacent to an activating group) is 1. The van der Waals surface area contributed by atoms with Crippen molar-refractivity contribution in [3.05, 3.63) is 66.9 Å². The second-order valence-electron chi connectivity index (χ2n) is 5.83. The van der Waals surface area contributed by atoms with Crippen LogP contribution in [0.3, 0.4) is 0 Å². The van der Waals surface area contributed by atoms with Gasteiger partial charge in [-0.1, -0.05) is 30.3 Å². The molecular weight excluding hydrogens is 302 g/mol. The number of aromatic nitrogens is 4. The summed E-state index contributed by atoms with van der Waals surface area (Å²) in [6.45, 7) is 1.84. The fraction of sp³-hybridized carbons (Fsp3) is 0.278. The number of aliphatic hydroxyl groups excluding tert-OH is 1. The van der Waals surface area contributed by atoms with Gasteiger partial charge in [0.15, 0.2) is 5.82 Å². The summed E-state index contributed by atoms with van der Waals surface area (Å²) in [5.74, 6) is 0.716. The Morgan fingerprint density at radius 3 is 2.71 bits per heavy atom. The second-order valence-corrected chi connectivity index (χ2v) is 5.83. The summed E-state index contributed by atoms with van der Waals surface area (Å²) >= 11 is 0. The summed E-state index contributed by atoms with van der Waals surface area (Å²) in [5, 5.41) is 10.4. The lowest BCUT2D eigenvalue weighted by Crippen LogP contribution is -2.31. The molecule has 124 valence electrons. The third kappa shape index (κ3) is 4.24. The standard InChI is InChI=1S/C18H21N5O/c1-22(12-15-5-3-2-4-6-15)13-16(24)14-23-10-9-21-18(23)17-11-19-7-8-20-17/h2-11,16,24H,12-14H2,1H3. The molecule has 0 amide bonds. The van der Waals surface area contributed by atoms with Crippen LogP contribution < -0.4 is 0 Å². The average molecular weight is 323 g/mol. The summed E-state index contributed by atoms with van der Waals surface area (Å²) in [5.41, 5.74) is 1.93. The molecule has 0 bridgehead atoms. The molecule has 3 aromatic rings. The lowest BCUT2D eigenvalue weighted by atomic mass is 10.2. The van der Waals surface area contributed by atoms with E-state index in [1.807, 2.05) is 36.0 Å². The Morgan fingerprint density at radius 2 is 1.96 bits per heavy atom. The largest absolute Gasteiger partial charge is 0.390 e. The zero-order valence-corrected chi connectivity index (χ0v) is 13.7. The van der Waals surface area contributed by atoms with E-state index < -0.39 is 6.10 Å². The molecule has 0 aliphatic carbocycles. The van der Waals surface area contributed by atoms with Gasteiger partial charge in [-0.3, -0.25) is 9.88 Å². The van der Waals surface area contributed by atoms with E-state index in [0.29, 0.717) is 24.6 Å². The molecule has 2 heterocycles. The Morgan fingerprint density at radius 1 is 1.12 bits per heavy atom. The van der Waals surface area contributed by atoms with Gasteiger partial charge in [0.25, 0.3) is 0 Å². The fourth-order valence-corrected chi connectivity index (χ4v) is 2.71. The first-order valence-corrected chi connectivity index (χ1v) is 7.90. The minimum Gasteiger partial charge on any atom is -0.390 e. The van der Waals surface area contributed by atoms with Crippen LogP contribution in [0, 0.1) is 0 Å². The number of aliphatic hydroxyl groups is 1. The Labute approximate surface area is 141 Å². The van der Waals surface area contributed by atoms with Crippen LogP contribution in [0.25, 0.3) is 11.5 Å². The smallest absolute Gasteiger partial charge is 0.160 e. The maximum absolute atomic E-state index is 10.4. The average Bonchev–Trinajstić information content (AvgIpc) is 3.04. The molecule has 1 atom stereocenters. The van der Waals surface area contributed by atoms with Crippen molar-refractivity contribution >= 4 is 0 Å². The highest BCUT2D eigenvalue weighted by Gasteiger charge is 2.13. The van der Waals surface area contributed by atoms with E-state index in [4.69, 9.17) is 0 Å². The zero-order valence-electron chi connectivity index (χ0n) is 13.7. The SMILES string of the molecule is CN(Cc1ccccc1)CC(O)Cn1ccnc1-c1cnccn1. The van der Waals surface area contributed by atoms with Gasteiger partial charge in [-0.15, -0.1) is 0 Å². The van der Waals surface area contributed by atoms with Gasteiger partial charge in [-0.2, -0.15) is 0 Å². The van der Waals surface area contributed by atoms with Crippen molar-refractivity contribution in [3.8, 4) is 11.5 Å². The van der Waals surface area contributed by atoms with Crippen LogP contribution in [0.5, 0.6) is 0 Å². The van der Waals surface area contributed by atoms with Crippen LogP contribution in [0.2, 0.25) is 0 Å². The van der Waals surface area contributed by atoms with E-state index in [9.17, 15) is 5.11 Å². The molecule has 2 aromatic heterocycles. The molecule has 24 heavy (non-hydrogen) atoms. The van der Waals surface area contributed by atoms with Crippen LogP contribution in [0.1, 0.15) is 5.56 Å². The first-order chi connectivity index (χ1) is 11.7. The molecule has 3 rings (SSSR count). The Kier molecular flexibility index (Phi) is 5.30. The van der Waals surface area contributed by atoms with Crippen LogP contribution in [-0.2, 0) is 13.1 Å². The van der Waals surface area contributed by atoms with Crippen molar-refractivity contribution < 1.29 is 5.11 Å². The summed E-state index contributed by atoms with van der Waals surface area (Å²) in [6.07, 6.45) is 8.01. The topological polar surface area (TPSA) is 67.1 Å². The van der Waals surface area contributed by atoms with Crippen LogP contribution in [0.4, 0.5) is 0 Å². The predicted octanol–water partition coefficient (Wildman–Crippen LogP) is 1.83. The lowest BCUT2D eigenvalue weighted by molar-refractivity contribution is 0.107. The number of hydrogen-bond donors (Lipinski definition) is 1. The van der Waals surface area contributed by atoms with Crippen molar-refractivity contribution in [2.45, 2.75) is 19.2 Å². The summed E-state index contributed by atoms with van der Waals surface area (Å²) in [4.78, 5) is 14.8. The third-order valence-corrected chi connectivity index (χ3v) is 3.73. The molecule has 1 unspecified atom stereocenters. The maximum atomic E-state index is 10.4. The van der Waals surface area contributed by atoms with Gasteiger partial charge in [-0.05, 0) is 12.6 Å². The van der Waals surface area contributed by atoms with E-state index in [1.165, 1.54) is 5.56 Å². The van der Waals surface area contributed by atoms with Crippen molar-refractivity contribution in [3.63, 3.8) is 0 Å². The van der Waals surface area contributed by atoms with E-state index in [0.717, 1.165) is 6.54 Å². The molecule has 0 spiro atoms. The Hall–Kier alpha value is -2.57. The molecule has 0 saturated carbocycles. The van der Waals surface area contributed by atoms with Gasteiger partial charge in [-0.25, -0.2) is 9.97 Å². The first-order valence-electron chi connectivity index (χ1n) is 7.90. The van der Waals surface area contributed by atoms with E-state index in [-0.39, 0.29) is 0 Å². The Bertz CT molecular complexity index is 744.